The third-order valence-electron chi connectivity index (χ3n) is 5.67. The first kappa shape index (κ1) is 27.2. The summed E-state index contributed by atoms with van der Waals surface area (Å²) in [4.78, 5) is 8.69. The Kier molecular flexibility index (Phi) is 11.0. The topological polar surface area (TPSA) is 83.7 Å². The van der Waals surface area contributed by atoms with Gasteiger partial charge in [0, 0.05) is 29.9 Å². The van der Waals surface area contributed by atoms with E-state index in [0.717, 1.165) is 59.3 Å². The number of benzene rings is 2. The lowest BCUT2D eigenvalue weighted by Gasteiger charge is -2.14. The zero-order chi connectivity index (χ0) is 25.0. The average molecular weight is 503 g/mol. The maximum Gasteiger partial charge on any atom is 0.316 e. The molecular weight excluding hydrogens is 466 g/mol. The lowest BCUT2D eigenvalue weighted by atomic mass is 9.99. The fourth-order valence-corrected chi connectivity index (χ4v) is 4.29. The molecule has 0 amide bonds. The summed E-state index contributed by atoms with van der Waals surface area (Å²) in [5, 5.41) is 6.85. The Bertz CT molecular complexity index is 1070. The summed E-state index contributed by atoms with van der Waals surface area (Å²) in [5.74, 6) is 0.332. The predicted octanol–water partition coefficient (Wildman–Crippen LogP) is 6.21. The van der Waals surface area contributed by atoms with Gasteiger partial charge in [-0.05, 0) is 79.1 Å². The van der Waals surface area contributed by atoms with Crippen LogP contribution < -0.4 is 10.6 Å². The first-order valence-electron chi connectivity index (χ1n) is 12.2. The van der Waals surface area contributed by atoms with Crippen LogP contribution in [0.1, 0.15) is 43.4 Å². The molecule has 3 rings (SSSR count). The van der Waals surface area contributed by atoms with E-state index >= 15 is 0 Å². The third-order valence-corrected chi connectivity index (χ3v) is 6.12. The van der Waals surface area contributed by atoms with Gasteiger partial charge in [0.05, 0.1) is 19.1 Å². The Balaban J connectivity index is 1.53. The lowest BCUT2D eigenvalue weighted by molar-refractivity contribution is 0.276. The van der Waals surface area contributed by atoms with Crippen molar-refractivity contribution in [3.8, 4) is 11.1 Å². The van der Waals surface area contributed by atoms with Gasteiger partial charge >= 0.3 is 8.25 Å². The zero-order valence-electron chi connectivity index (χ0n) is 20.5. The van der Waals surface area contributed by atoms with Crippen LogP contribution in [0, 0.1) is 11.7 Å². The summed E-state index contributed by atoms with van der Waals surface area (Å²) in [6.07, 6.45) is 6.51. The fourth-order valence-electron chi connectivity index (χ4n) is 3.97. The number of rotatable bonds is 15. The minimum atomic E-state index is -2.85. The fraction of sp³-hybridized carbons (Fsp3) is 0.407. The zero-order valence-corrected chi connectivity index (χ0v) is 21.5. The van der Waals surface area contributed by atoms with Crippen LogP contribution in [0.2, 0.25) is 0 Å². The molecule has 0 saturated heterocycles. The average Bonchev–Trinajstić information content (AvgIpc) is 3.35. The molecule has 0 saturated carbocycles. The van der Waals surface area contributed by atoms with Crippen molar-refractivity contribution in [2.24, 2.45) is 5.92 Å². The second kappa shape index (κ2) is 14.2. The van der Waals surface area contributed by atoms with Crippen LogP contribution in [0.25, 0.3) is 11.1 Å². The standard InChI is InChI=1S/C27H36FN2O4P/c1-20(2)15-23-8-6-21(17-26(23)28)5-3-12-30-27-9-7-22(16-25(27)24-10-14-33-19-24)18-29-11-4-13-34-35(31)32/h6-10,14,16-17,19-20,29-30,35H,3-5,11-13,15,18H2,1-2H3,(H,31,32). The molecule has 0 aliphatic carbocycles. The lowest BCUT2D eigenvalue weighted by Crippen LogP contribution is -2.16. The monoisotopic (exact) mass is 502 g/mol. The van der Waals surface area contributed by atoms with E-state index in [4.69, 9.17) is 13.8 Å². The second-order valence-electron chi connectivity index (χ2n) is 9.09. The Morgan fingerprint density at radius 3 is 2.63 bits per heavy atom. The first-order valence-corrected chi connectivity index (χ1v) is 13.4. The van der Waals surface area contributed by atoms with E-state index in [2.05, 4.69) is 42.7 Å². The Hall–Kier alpha value is -2.44. The molecule has 190 valence electrons. The first-order chi connectivity index (χ1) is 16.9. The molecule has 3 N–H and O–H groups in total. The Morgan fingerprint density at radius 1 is 1.09 bits per heavy atom. The van der Waals surface area contributed by atoms with Crippen LogP contribution in [-0.2, 0) is 28.5 Å². The quantitative estimate of drug-likeness (QED) is 0.169. The molecule has 1 heterocycles. The van der Waals surface area contributed by atoms with Gasteiger partial charge in [-0.3, -0.25) is 4.57 Å². The van der Waals surface area contributed by atoms with Crippen LogP contribution in [0.5, 0.6) is 0 Å². The molecule has 1 aromatic heterocycles. The van der Waals surface area contributed by atoms with Crippen LogP contribution in [0.15, 0.2) is 59.4 Å². The molecule has 3 aromatic rings. The van der Waals surface area contributed by atoms with E-state index in [1.807, 2.05) is 18.2 Å². The molecule has 0 radical (unpaired) electrons. The molecule has 0 spiro atoms. The van der Waals surface area contributed by atoms with E-state index in [1.165, 1.54) is 0 Å². The normalized spacial score (nSPS) is 12.3. The molecule has 0 aliphatic rings. The van der Waals surface area contributed by atoms with Gasteiger partial charge in [-0.25, -0.2) is 4.39 Å². The number of anilines is 1. The van der Waals surface area contributed by atoms with Gasteiger partial charge in [0.25, 0.3) is 0 Å². The van der Waals surface area contributed by atoms with E-state index in [0.29, 0.717) is 25.4 Å². The number of nitrogens with one attached hydrogen (secondary N) is 2. The van der Waals surface area contributed by atoms with Crippen molar-refractivity contribution in [1.29, 1.82) is 0 Å². The highest BCUT2D eigenvalue weighted by molar-refractivity contribution is 7.32. The molecule has 1 atom stereocenters. The number of halogens is 1. The van der Waals surface area contributed by atoms with Crippen molar-refractivity contribution in [3.05, 3.63) is 77.5 Å². The summed E-state index contributed by atoms with van der Waals surface area (Å²) < 4.78 is 34.9. The number of hydrogen-bond acceptors (Lipinski definition) is 5. The third kappa shape index (κ3) is 9.26. The van der Waals surface area contributed by atoms with Gasteiger partial charge in [-0.1, -0.05) is 32.0 Å². The minimum Gasteiger partial charge on any atom is -0.472 e. The summed E-state index contributed by atoms with van der Waals surface area (Å²) >= 11 is 0. The Morgan fingerprint density at radius 2 is 1.91 bits per heavy atom. The highest BCUT2D eigenvalue weighted by atomic mass is 31.1. The van der Waals surface area contributed by atoms with Crippen molar-refractivity contribution in [2.75, 3.05) is 25.0 Å². The van der Waals surface area contributed by atoms with Crippen LogP contribution in [0.3, 0.4) is 0 Å². The molecule has 0 bridgehead atoms. The summed E-state index contributed by atoms with van der Waals surface area (Å²) in [6, 6.07) is 13.8. The summed E-state index contributed by atoms with van der Waals surface area (Å²) in [5.41, 5.74) is 6.01. The largest absolute Gasteiger partial charge is 0.472 e. The minimum absolute atomic E-state index is 0.104. The highest BCUT2D eigenvalue weighted by Crippen LogP contribution is 2.30. The molecule has 0 fully saturated rings. The van der Waals surface area contributed by atoms with Gasteiger partial charge in [-0.2, -0.15) is 0 Å². The van der Waals surface area contributed by atoms with E-state index < -0.39 is 8.25 Å². The smallest absolute Gasteiger partial charge is 0.316 e. The molecule has 1 unspecified atom stereocenters. The summed E-state index contributed by atoms with van der Waals surface area (Å²) in [6.45, 7) is 6.60. The molecular formula is C27H36FN2O4P. The van der Waals surface area contributed by atoms with Crippen molar-refractivity contribution in [1.82, 2.24) is 5.32 Å². The molecule has 8 heteroatoms. The van der Waals surface area contributed by atoms with Gasteiger partial charge in [0.2, 0.25) is 0 Å². The van der Waals surface area contributed by atoms with Crippen molar-refractivity contribution >= 4 is 13.9 Å². The highest BCUT2D eigenvalue weighted by Gasteiger charge is 2.09. The Labute approximate surface area is 207 Å². The van der Waals surface area contributed by atoms with E-state index in [-0.39, 0.29) is 12.4 Å². The maximum absolute atomic E-state index is 14.4. The van der Waals surface area contributed by atoms with Crippen LogP contribution in [-0.4, -0.2) is 24.6 Å². The number of furan rings is 1. The van der Waals surface area contributed by atoms with Gasteiger partial charge in [0.15, 0.2) is 0 Å². The number of aryl methyl sites for hydroxylation is 1. The van der Waals surface area contributed by atoms with E-state index in [9.17, 15) is 8.96 Å². The molecule has 0 aliphatic heterocycles. The molecule has 6 nitrogen and oxygen atoms in total. The van der Waals surface area contributed by atoms with Crippen molar-refractivity contribution in [2.45, 2.75) is 46.1 Å². The van der Waals surface area contributed by atoms with Crippen molar-refractivity contribution < 1.29 is 22.8 Å². The van der Waals surface area contributed by atoms with Crippen LogP contribution in [0.4, 0.5) is 10.1 Å². The predicted molar refractivity (Wildman–Crippen MR) is 139 cm³/mol. The maximum atomic E-state index is 14.4. The SMILES string of the molecule is CC(C)Cc1ccc(CCCNc2ccc(CNCCCO[PH](=O)O)cc2-c2ccoc2)cc1F. The van der Waals surface area contributed by atoms with Gasteiger partial charge in [0.1, 0.15) is 5.82 Å². The van der Waals surface area contributed by atoms with E-state index in [1.54, 1.807) is 18.6 Å². The van der Waals surface area contributed by atoms with Crippen LogP contribution >= 0.6 is 8.25 Å². The van der Waals surface area contributed by atoms with Gasteiger partial charge < -0.3 is 24.5 Å². The molecule has 35 heavy (non-hydrogen) atoms. The molecule has 2 aromatic carbocycles. The number of hydrogen-bond donors (Lipinski definition) is 3. The summed E-state index contributed by atoms with van der Waals surface area (Å²) in [7, 11) is -2.85. The van der Waals surface area contributed by atoms with Gasteiger partial charge in [-0.15, -0.1) is 0 Å². The second-order valence-corrected chi connectivity index (χ2v) is 9.91. The van der Waals surface area contributed by atoms with Crippen molar-refractivity contribution in [3.63, 3.8) is 0 Å².